The molecule has 0 aliphatic carbocycles. The Morgan fingerprint density at radius 1 is 1.05 bits per heavy atom. The van der Waals surface area contributed by atoms with Crippen LogP contribution in [0.25, 0.3) is 0 Å². The third-order valence-corrected chi connectivity index (χ3v) is 3.30. The molecule has 0 unspecified atom stereocenters. The van der Waals surface area contributed by atoms with Crippen molar-refractivity contribution in [3.8, 4) is 11.5 Å². The van der Waals surface area contributed by atoms with Gasteiger partial charge in [0.1, 0.15) is 17.1 Å². The number of amides is 1. The summed E-state index contributed by atoms with van der Waals surface area (Å²) in [6, 6.07) is 8.44. The number of benzene rings is 2. The number of phenolic OH excluding ortho intramolecular Hbond substituents is 1. The fourth-order valence-corrected chi connectivity index (χ4v) is 2.16. The number of nitrogens with one attached hydrogen (secondary N) is 1. The standard InChI is InChI=1S/C14H10BrNO5.Na/c15-10-6-7(5-9(12(10)18)14(20)21)16-13(19)8-3-1-2-4-11(8)17;/h1-6,17-18H,(H,16,19)(H,20,21);. The Balaban J connectivity index is 0.00000242. The molecule has 0 saturated carbocycles. The number of aromatic hydroxyl groups is 2. The SMILES string of the molecule is O=C(Nc1cc(Br)c(O)c(C(=O)O)c1)c1ccccc1O.[Na]. The number of carboxylic acids is 1. The number of carbonyl (C=O) groups excluding carboxylic acids is 1. The number of hydrogen-bond donors (Lipinski definition) is 4. The fourth-order valence-electron chi connectivity index (χ4n) is 1.70. The van der Waals surface area contributed by atoms with Crippen molar-refractivity contribution in [2.24, 2.45) is 0 Å². The maximum absolute atomic E-state index is 12.0. The van der Waals surface area contributed by atoms with Crippen LogP contribution in [0.5, 0.6) is 11.5 Å². The summed E-state index contributed by atoms with van der Waals surface area (Å²) in [5.41, 5.74) is -0.124. The van der Waals surface area contributed by atoms with Gasteiger partial charge in [0.2, 0.25) is 0 Å². The molecule has 109 valence electrons. The van der Waals surface area contributed by atoms with E-state index in [1.807, 2.05) is 0 Å². The molecule has 22 heavy (non-hydrogen) atoms. The zero-order valence-electron chi connectivity index (χ0n) is 11.5. The summed E-state index contributed by atoms with van der Waals surface area (Å²) in [6.07, 6.45) is 0. The van der Waals surface area contributed by atoms with Crippen LogP contribution in [0.1, 0.15) is 20.7 Å². The molecule has 0 fully saturated rings. The molecule has 0 heterocycles. The zero-order chi connectivity index (χ0) is 15.6. The van der Waals surface area contributed by atoms with Crippen molar-refractivity contribution in [1.29, 1.82) is 0 Å². The third kappa shape index (κ3) is 4.01. The molecule has 1 radical (unpaired) electrons. The fraction of sp³-hybridized carbons (Fsp3) is 0. The smallest absolute Gasteiger partial charge is 0.339 e. The summed E-state index contributed by atoms with van der Waals surface area (Å²) in [4.78, 5) is 23.0. The van der Waals surface area contributed by atoms with E-state index in [0.29, 0.717) is 0 Å². The largest absolute Gasteiger partial charge is 0.507 e. The first kappa shape index (κ1) is 18.5. The van der Waals surface area contributed by atoms with Crippen LogP contribution in [0.4, 0.5) is 5.69 Å². The van der Waals surface area contributed by atoms with Gasteiger partial charge < -0.3 is 20.6 Å². The summed E-state index contributed by atoms with van der Waals surface area (Å²) < 4.78 is 0.134. The molecule has 0 bridgehead atoms. The molecule has 0 atom stereocenters. The van der Waals surface area contributed by atoms with E-state index in [1.165, 1.54) is 18.2 Å². The van der Waals surface area contributed by atoms with E-state index in [4.69, 9.17) is 5.11 Å². The van der Waals surface area contributed by atoms with E-state index in [2.05, 4.69) is 21.2 Å². The monoisotopic (exact) mass is 374 g/mol. The summed E-state index contributed by atoms with van der Waals surface area (Å²) in [6.45, 7) is 0. The zero-order valence-corrected chi connectivity index (χ0v) is 15.1. The van der Waals surface area contributed by atoms with Crippen molar-refractivity contribution in [3.63, 3.8) is 0 Å². The van der Waals surface area contributed by atoms with Crippen LogP contribution in [0.15, 0.2) is 40.9 Å². The van der Waals surface area contributed by atoms with Crippen LogP contribution < -0.4 is 5.32 Å². The van der Waals surface area contributed by atoms with Gasteiger partial charge in [-0.2, -0.15) is 0 Å². The van der Waals surface area contributed by atoms with E-state index in [1.54, 1.807) is 12.1 Å². The summed E-state index contributed by atoms with van der Waals surface area (Å²) in [7, 11) is 0. The normalized spacial score (nSPS) is 9.68. The molecule has 4 N–H and O–H groups in total. The molecular formula is C14H10BrNNaO5. The van der Waals surface area contributed by atoms with Crippen LogP contribution in [0, 0.1) is 0 Å². The Hall–Kier alpha value is -1.54. The van der Waals surface area contributed by atoms with E-state index < -0.39 is 17.6 Å². The molecule has 0 aromatic heterocycles. The van der Waals surface area contributed by atoms with Crippen LogP contribution in [0.3, 0.4) is 0 Å². The van der Waals surface area contributed by atoms with Gasteiger partial charge in [-0.25, -0.2) is 4.79 Å². The summed E-state index contributed by atoms with van der Waals surface area (Å²) in [5.74, 6) is -2.54. The minimum atomic E-state index is -1.33. The molecule has 2 rings (SSSR count). The molecule has 0 saturated heterocycles. The molecule has 0 aliphatic rings. The maximum Gasteiger partial charge on any atom is 0.339 e. The molecule has 8 heteroatoms. The second-order valence-electron chi connectivity index (χ2n) is 4.13. The Labute approximate surface area is 156 Å². The van der Waals surface area contributed by atoms with Gasteiger partial charge in [-0.15, -0.1) is 0 Å². The van der Waals surface area contributed by atoms with Crippen molar-refractivity contribution in [2.45, 2.75) is 0 Å². The molecule has 1 amide bonds. The van der Waals surface area contributed by atoms with Gasteiger partial charge in [0.25, 0.3) is 5.91 Å². The van der Waals surface area contributed by atoms with Crippen molar-refractivity contribution < 1.29 is 24.9 Å². The first-order valence-electron chi connectivity index (χ1n) is 5.75. The van der Waals surface area contributed by atoms with Crippen LogP contribution in [0.2, 0.25) is 0 Å². The van der Waals surface area contributed by atoms with E-state index in [-0.39, 0.29) is 56.6 Å². The van der Waals surface area contributed by atoms with Crippen molar-refractivity contribution in [2.75, 3.05) is 5.32 Å². The Bertz CT molecular complexity index is 735. The average Bonchev–Trinajstić information content (AvgIpc) is 2.42. The van der Waals surface area contributed by atoms with Crippen LogP contribution >= 0.6 is 15.9 Å². The molecular weight excluding hydrogens is 365 g/mol. The Morgan fingerprint density at radius 2 is 1.68 bits per heavy atom. The number of rotatable bonds is 3. The molecule has 6 nitrogen and oxygen atoms in total. The molecule has 2 aromatic rings. The number of carboxylic acid groups (broad SMARTS) is 1. The first-order chi connectivity index (χ1) is 9.90. The van der Waals surface area contributed by atoms with Crippen molar-refractivity contribution in [1.82, 2.24) is 0 Å². The number of anilines is 1. The van der Waals surface area contributed by atoms with Gasteiger partial charge in [0.15, 0.2) is 0 Å². The predicted molar refractivity (Wildman–Crippen MR) is 84.6 cm³/mol. The van der Waals surface area contributed by atoms with E-state index in [0.717, 1.165) is 6.07 Å². The summed E-state index contributed by atoms with van der Waals surface area (Å²) in [5, 5.41) is 30.6. The maximum atomic E-state index is 12.0. The molecule has 2 aromatic carbocycles. The Morgan fingerprint density at radius 3 is 2.27 bits per heavy atom. The number of para-hydroxylation sites is 1. The van der Waals surface area contributed by atoms with Gasteiger partial charge in [-0.1, -0.05) is 12.1 Å². The molecule has 0 aliphatic heterocycles. The number of carbonyl (C=O) groups is 2. The van der Waals surface area contributed by atoms with E-state index >= 15 is 0 Å². The quantitative estimate of drug-likeness (QED) is 0.487. The second kappa shape index (κ2) is 7.64. The molecule has 0 spiro atoms. The van der Waals surface area contributed by atoms with Crippen LogP contribution in [-0.4, -0.2) is 56.8 Å². The van der Waals surface area contributed by atoms with Crippen molar-refractivity contribution in [3.05, 3.63) is 52.0 Å². The minimum absolute atomic E-state index is 0. The summed E-state index contributed by atoms with van der Waals surface area (Å²) >= 11 is 3.01. The van der Waals surface area contributed by atoms with Gasteiger partial charge in [-0.3, -0.25) is 4.79 Å². The van der Waals surface area contributed by atoms with Crippen LogP contribution in [-0.2, 0) is 0 Å². The van der Waals surface area contributed by atoms with E-state index in [9.17, 15) is 19.8 Å². The first-order valence-corrected chi connectivity index (χ1v) is 6.54. The van der Waals surface area contributed by atoms with Gasteiger partial charge in [-0.05, 0) is 40.2 Å². The second-order valence-corrected chi connectivity index (χ2v) is 4.98. The van der Waals surface area contributed by atoms with Crippen molar-refractivity contribution >= 4 is 63.1 Å². The number of phenols is 2. The Kier molecular flexibility index (Phi) is 6.43. The predicted octanol–water partition coefficient (Wildman–Crippen LogP) is 2.43. The average molecular weight is 375 g/mol. The topological polar surface area (TPSA) is 107 Å². The van der Waals surface area contributed by atoms with Gasteiger partial charge in [0, 0.05) is 35.2 Å². The minimum Gasteiger partial charge on any atom is -0.507 e. The van der Waals surface area contributed by atoms with Gasteiger partial charge >= 0.3 is 5.97 Å². The van der Waals surface area contributed by atoms with Gasteiger partial charge in [0.05, 0.1) is 10.0 Å². The number of halogens is 1. The number of aromatic carboxylic acids is 1. The number of hydrogen-bond acceptors (Lipinski definition) is 4. The third-order valence-electron chi connectivity index (χ3n) is 2.70.